The van der Waals surface area contributed by atoms with E-state index in [2.05, 4.69) is 20.4 Å². The number of carbonyl (C=O) groups is 1. The molecule has 0 unspecified atom stereocenters. The van der Waals surface area contributed by atoms with Crippen LogP contribution in [0.1, 0.15) is 53.0 Å². The second-order valence-electron chi connectivity index (χ2n) is 9.19. The van der Waals surface area contributed by atoms with Crippen LogP contribution in [-0.4, -0.2) is 37.2 Å². The Morgan fingerprint density at radius 2 is 1.92 bits per heavy atom. The third-order valence-corrected chi connectivity index (χ3v) is 6.40. The van der Waals surface area contributed by atoms with E-state index < -0.39 is 11.9 Å². The number of benzene rings is 2. The van der Waals surface area contributed by atoms with Gasteiger partial charge in [-0.05, 0) is 36.1 Å². The fourth-order valence-corrected chi connectivity index (χ4v) is 4.56. The fraction of sp³-hybridized carbons (Fsp3) is 0.214. The van der Waals surface area contributed by atoms with Crippen LogP contribution in [0.3, 0.4) is 0 Å². The highest BCUT2D eigenvalue weighted by atomic mass is 16.3. The molecule has 0 saturated heterocycles. The number of H-pyrrole nitrogens is 1. The largest absolute Gasteiger partial charge is 0.394 e. The van der Waals surface area contributed by atoms with Gasteiger partial charge in [0.05, 0.1) is 30.1 Å². The number of fused-ring (bicyclic) bond motifs is 2. The number of amides is 1. The maximum atomic E-state index is 13.3. The van der Waals surface area contributed by atoms with Crippen molar-refractivity contribution in [2.75, 3.05) is 6.61 Å². The molecule has 3 heterocycles. The molecule has 0 radical (unpaired) electrons. The van der Waals surface area contributed by atoms with E-state index in [0.29, 0.717) is 16.8 Å². The quantitative estimate of drug-likeness (QED) is 0.338. The summed E-state index contributed by atoms with van der Waals surface area (Å²) >= 11 is 0. The average molecular weight is 482 g/mol. The molecule has 8 nitrogen and oxygen atoms in total. The van der Waals surface area contributed by atoms with Crippen molar-refractivity contribution < 1.29 is 9.90 Å². The number of hydrogen-bond donors (Lipinski definition) is 3. The van der Waals surface area contributed by atoms with Gasteiger partial charge in [-0.1, -0.05) is 56.3 Å². The molecule has 0 bridgehead atoms. The number of nitrogens with zero attached hydrogens (tertiary/aromatic N) is 3. The Morgan fingerprint density at radius 3 is 2.64 bits per heavy atom. The molecule has 8 heteroatoms. The summed E-state index contributed by atoms with van der Waals surface area (Å²) in [5.41, 5.74) is 4.73. The molecule has 0 spiro atoms. The van der Waals surface area contributed by atoms with Gasteiger partial charge in [-0.25, -0.2) is 4.52 Å². The van der Waals surface area contributed by atoms with Crippen LogP contribution in [0.25, 0.3) is 27.7 Å². The SMILES string of the molecule is Cc1cccc2ncc(-c3cn4nc(C(=O)N[C@@H](CO)c5ccccc5)c(C(C)C)c4c(=O)[nH]3)cc12. The van der Waals surface area contributed by atoms with E-state index in [1.807, 2.05) is 75.4 Å². The Labute approximate surface area is 207 Å². The molecule has 0 aliphatic carbocycles. The average Bonchev–Trinajstić information content (AvgIpc) is 3.28. The molecule has 0 aliphatic rings. The minimum absolute atomic E-state index is 0.135. The highest BCUT2D eigenvalue weighted by Crippen LogP contribution is 2.27. The van der Waals surface area contributed by atoms with E-state index in [0.717, 1.165) is 27.6 Å². The van der Waals surface area contributed by atoms with Crippen LogP contribution in [0.2, 0.25) is 0 Å². The highest BCUT2D eigenvalue weighted by Gasteiger charge is 2.26. The number of pyridine rings is 1. The first-order valence-electron chi connectivity index (χ1n) is 11.9. The zero-order chi connectivity index (χ0) is 25.4. The summed E-state index contributed by atoms with van der Waals surface area (Å²) in [7, 11) is 0. The van der Waals surface area contributed by atoms with Crippen molar-refractivity contribution in [3.63, 3.8) is 0 Å². The summed E-state index contributed by atoms with van der Waals surface area (Å²) in [6.07, 6.45) is 3.42. The van der Waals surface area contributed by atoms with Crippen molar-refractivity contribution in [1.29, 1.82) is 0 Å². The van der Waals surface area contributed by atoms with Crippen LogP contribution >= 0.6 is 0 Å². The van der Waals surface area contributed by atoms with Gasteiger partial charge in [0, 0.05) is 22.7 Å². The van der Waals surface area contributed by atoms with E-state index in [1.165, 1.54) is 4.52 Å². The summed E-state index contributed by atoms with van der Waals surface area (Å²) in [6.45, 7) is 5.58. The van der Waals surface area contributed by atoms with Crippen molar-refractivity contribution in [3.05, 3.63) is 99.7 Å². The number of rotatable bonds is 6. The molecular weight excluding hydrogens is 454 g/mol. The smallest absolute Gasteiger partial charge is 0.274 e. The van der Waals surface area contributed by atoms with E-state index in [1.54, 1.807) is 12.4 Å². The van der Waals surface area contributed by atoms with E-state index >= 15 is 0 Å². The lowest BCUT2D eigenvalue weighted by molar-refractivity contribution is 0.0909. The number of nitrogens with one attached hydrogen (secondary N) is 2. The van der Waals surface area contributed by atoms with Gasteiger partial charge in [-0.2, -0.15) is 5.10 Å². The fourth-order valence-electron chi connectivity index (χ4n) is 4.56. The van der Waals surface area contributed by atoms with Crippen LogP contribution < -0.4 is 10.9 Å². The molecule has 3 aromatic heterocycles. The van der Waals surface area contributed by atoms with E-state index in [4.69, 9.17) is 0 Å². The third kappa shape index (κ3) is 4.16. The Morgan fingerprint density at radius 1 is 1.14 bits per heavy atom. The summed E-state index contributed by atoms with van der Waals surface area (Å²) in [6, 6.07) is 16.6. The topological polar surface area (TPSA) is 112 Å². The van der Waals surface area contributed by atoms with Crippen LogP contribution in [0.4, 0.5) is 0 Å². The van der Waals surface area contributed by atoms with Crippen LogP contribution in [-0.2, 0) is 0 Å². The number of aryl methyl sites for hydroxylation is 1. The Kier molecular flexibility index (Phi) is 6.12. The Hall–Kier alpha value is -4.30. The lowest BCUT2D eigenvalue weighted by Gasteiger charge is -2.16. The minimum atomic E-state index is -0.593. The highest BCUT2D eigenvalue weighted by molar-refractivity contribution is 5.96. The zero-order valence-corrected chi connectivity index (χ0v) is 20.3. The molecule has 3 N–H and O–H groups in total. The van der Waals surface area contributed by atoms with Crippen LogP contribution in [0.5, 0.6) is 0 Å². The normalized spacial score (nSPS) is 12.4. The van der Waals surface area contributed by atoms with Gasteiger partial charge in [0.2, 0.25) is 0 Å². The molecule has 36 heavy (non-hydrogen) atoms. The lowest BCUT2D eigenvalue weighted by Crippen LogP contribution is -2.31. The number of carbonyl (C=O) groups excluding carboxylic acids is 1. The van der Waals surface area contributed by atoms with Crippen LogP contribution in [0.15, 0.2) is 71.8 Å². The van der Waals surface area contributed by atoms with Gasteiger partial charge in [0.15, 0.2) is 5.69 Å². The summed E-state index contributed by atoms with van der Waals surface area (Å²) < 4.78 is 1.47. The first kappa shape index (κ1) is 23.4. The molecule has 1 amide bonds. The minimum Gasteiger partial charge on any atom is -0.394 e. The molecule has 5 aromatic rings. The first-order valence-corrected chi connectivity index (χ1v) is 11.9. The molecule has 5 rings (SSSR count). The molecule has 0 saturated carbocycles. The van der Waals surface area contributed by atoms with Crippen molar-refractivity contribution in [2.24, 2.45) is 0 Å². The predicted octanol–water partition coefficient (Wildman–Crippen LogP) is 4.13. The van der Waals surface area contributed by atoms with Gasteiger partial charge in [-0.3, -0.25) is 14.6 Å². The maximum Gasteiger partial charge on any atom is 0.274 e. The first-order chi connectivity index (χ1) is 17.4. The molecule has 1 atom stereocenters. The standard InChI is InChI=1S/C28H27N5O3/c1-16(2)24-25(27(35)31-23(15-34)18-9-5-4-6-10-18)32-33-14-22(30-28(36)26(24)33)19-12-20-17(3)8-7-11-21(20)29-13-19/h4-14,16,23,34H,15H2,1-3H3,(H,30,36)(H,31,35)/t23-/m0/s1. The second kappa shape index (κ2) is 9.39. The molecule has 182 valence electrons. The van der Waals surface area contributed by atoms with Gasteiger partial charge >= 0.3 is 0 Å². The van der Waals surface area contributed by atoms with Crippen LogP contribution in [0, 0.1) is 6.92 Å². The maximum absolute atomic E-state index is 13.3. The number of aromatic amines is 1. The van der Waals surface area contributed by atoms with Gasteiger partial charge < -0.3 is 15.4 Å². The van der Waals surface area contributed by atoms with Crippen molar-refractivity contribution in [1.82, 2.24) is 24.9 Å². The molecule has 0 aliphatic heterocycles. The third-order valence-electron chi connectivity index (χ3n) is 6.40. The Bertz CT molecular complexity index is 1640. The van der Waals surface area contributed by atoms with Crippen molar-refractivity contribution >= 4 is 22.3 Å². The molecule has 0 fully saturated rings. The monoisotopic (exact) mass is 481 g/mol. The van der Waals surface area contributed by atoms with E-state index in [-0.39, 0.29) is 23.8 Å². The van der Waals surface area contributed by atoms with Crippen molar-refractivity contribution in [2.45, 2.75) is 32.7 Å². The number of hydrogen-bond acceptors (Lipinski definition) is 5. The van der Waals surface area contributed by atoms with Gasteiger partial charge in [0.1, 0.15) is 5.52 Å². The number of aliphatic hydroxyl groups excluding tert-OH is 1. The number of aromatic nitrogens is 4. The summed E-state index contributed by atoms with van der Waals surface area (Å²) in [5, 5.41) is 18.3. The molecule has 2 aromatic carbocycles. The van der Waals surface area contributed by atoms with Crippen molar-refractivity contribution in [3.8, 4) is 11.3 Å². The summed E-state index contributed by atoms with van der Waals surface area (Å²) in [4.78, 5) is 34.1. The second-order valence-corrected chi connectivity index (χ2v) is 9.19. The Balaban J connectivity index is 1.59. The van der Waals surface area contributed by atoms with Gasteiger partial charge in [-0.15, -0.1) is 0 Å². The van der Waals surface area contributed by atoms with Gasteiger partial charge in [0.25, 0.3) is 11.5 Å². The number of aliphatic hydroxyl groups is 1. The summed E-state index contributed by atoms with van der Waals surface area (Å²) in [5.74, 6) is -0.585. The lowest BCUT2D eigenvalue weighted by atomic mass is 10.0. The predicted molar refractivity (Wildman–Crippen MR) is 139 cm³/mol. The zero-order valence-electron chi connectivity index (χ0n) is 20.3. The van der Waals surface area contributed by atoms with E-state index in [9.17, 15) is 14.7 Å². The molecular formula is C28H27N5O3.